The highest BCUT2D eigenvalue weighted by Gasteiger charge is 2.66. The summed E-state index contributed by atoms with van der Waals surface area (Å²) in [6, 6.07) is 0.183. The maximum Gasteiger partial charge on any atom is 0.0527 e. The van der Waals surface area contributed by atoms with Crippen molar-refractivity contribution < 1.29 is 0 Å². The molecular formula is C15H28BrCl2N. The molecule has 114 valence electrons. The van der Waals surface area contributed by atoms with Crippen molar-refractivity contribution in [2.45, 2.75) is 69.2 Å². The zero-order valence-electron chi connectivity index (χ0n) is 12.3. The van der Waals surface area contributed by atoms with E-state index in [-0.39, 0.29) is 16.3 Å². The summed E-state index contributed by atoms with van der Waals surface area (Å²) in [7, 11) is 0. The molecule has 1 rings (SSSR count). The second-order valence-electron chi connectivity index (χ2n) is 6.07. The van der Waals surface area contributed by atoms with Crippen molar-refractivity contribution in [1.29, 1.82) is 0 Å². The molecule has 1 aliphatic carbocycles. The Morgan fingerprint density at radius 3 is 2.37 bits per heavy atom. The zero-order chi connectivity index (χ0) is 14.6. The van der Waals surface area contributed by atoms with Gasteiger partial charge < -0.3 is 5.73 Å². The van der Waals surface area contributed by atoms with E-state index in [9.17, 15) is 0 Å². The molecule has 0 heterocycles. The lowest BCUT2D eigenvalue weighted by atomic mass is 9.91. The minimum atomic E-state index is -0.0693. The van der Waals surface area contributed by atoms with Gasteiger partial charge in [0.1, 0.15) is 0 Å². The van der Waals surface area contributed by atoms with Gasteiger partial charge in [-0.3, -0.25) is 0 Å². The SMILES string of the molecule is CCCC1(Cl)C(C(CCBr)CC(Cl)CC)C1[C@H](C)N. The van der Waals surface area contributed by atoms with E-state index in [1.807, 2.05) is 0 Å². The highest BCUT2D eigenvalue weighted by atomic mass is 79.9. The molecule has 1 fully saturated rings. The van der Waals surface area contributed by atoms with Crippen LogP contribution in [-0.4, -0.2) is 21.6 Å². The molecule has 1 nitrogen and oxygen atoms in total. The third-order valence-corrected chi connectivity index (χ3v) is 6.21. The maximum absolute atomic E-state index is 6.89. The molecule has 19 heavy (non-hydrogen) atoms. The highest BCUT2D eigenvalue weighted by molar-refractivity contribution is 9.09. The van der Waals surface area contributed by atoms with Crippen molar-refractivity contribution in [3.05, 3.63) is 0 Å². The lowest BCUT2D eigenvalue weighted by Gasteiger charge is -2.20. The lowest BCUT2D eigenvalue weighted by Crippen LogP contribution is -2.22. The molecule has 1 aliphatic rings. The van der Waals surface area contributed by atoms with Crippen molar-refractivity contribution in [2.24, 2.45) is 23.5 Å². The minimum absolute atomic E-state index is 0.0693. The summed E-state index contributed by atoms with van der Waals surface area (Å²) in [5.41, 5.74) is 6.16. The summed E-state index contributed by atoms with van der Waals surface area (Å²) in [5.74, 6) is 1.60. The Bertz CT molecular complexity index is 275. The lowest BCUT2D eigenvalue weighted by molar-refractivity contribution is 0.369. The average Bonchev–Trinajstić information content (AvgIpc) is 2.95. The summed E-state index contributed by atoms with van der Waals surface area (Å²) >= 11 is 16.8. The molecule has 2 N–H and O–H groups in total. The van der Waals surface area contributed by atoms with Crippen molar-refractivity contribution in [2.75, 3.05) is 5.33 Å². The smallest absolute Gasteiger partial charge is 0.0527 e. The van der Waals surface area contributed by atoms with Crippen molar-refractivity contribution >= 4 is 39.1 Å². The van der Waals surface area contributed by atoms with Gasteiger partial charge in [-0.2, -0.15) is 0 Å². The molecule has 5 unspecified atom stereocenters. The molecule has 0 saturated heterocycles. The van der Waals surface area contributed by atoms with Gasteiger partial charge >= 0.3 is 0 Å². The Morgan fingerprint density at radius 2 is 1.95 bits per heavy atom. The van der Waals surface area contributed by atoms with Crippen molar-refractivity contribution in [3.63, 3.8) is 0 Å². The average molecular weight is 373 g/mol. The van der Waals surface area contributed by atoms with E-state index in [0.717, 1.165) is 37.4 Å². The van der Waals surface area contributed by atoms with Crippen molar-refractivity contribution in [3.8, 4) is 0 Å². The molecule has 0 aliphatic heterocycles. The van der Waals surface area contributed by atoms with E-state index in [4.69, 9.17) is 28.9 Å². The molecule has 6 atom stereocenters. The van der Waals surface area contributed by atoms with E-state index in [0.29, 0.717) is 17.8 Å². The topological polar surface area (TPSA) is 26.0 Å². The van der Waals surface area contributed by atoms with E-state index < -0.39 is 0 Å². The molecular weight excluding hydrogens is 345 g/mol. The van der Waals surface area contributed by atoms with Crippen LogP contribution in [0.4, 0.5) is 0 Å². The molecule has 0 bridgehead atoms. The summed E-state index contributed by atoms with van der Waals surface area (Å²) in [5, 5.41) is 1.28. The van der Waals surface area contributed by atoms with Gasteiger partial charge in [0, 0.05) is 16.7 Å². The van der Waals surface area contributed by atoms with Crippen LogP contribution >= 0.6 is 39.1 Å². The Morgan fingerprint density at radius 1 is 1.32 bits per heavy atom. The predicted molar refractivity (Wildman–Crippen MR) is 90.6 cm³/mol. The third kappa shape index (κ3) is 4.25. The Labute approximate surface area is 137 Å². The van der Waals surface area contributed by atoms with Crippen LogP contribution < -0.4 is 5.73 Å². The van der Waals surface area contributed by atoms with Gasteiger partial charge in [0.25, 0.3) is 0 Å². The van der Waals surface area contributed by atoms with Crippen LogP contribution in [0.2, 0.25) is 0 Å². The third-order valence-electron chi connectivity index (χ3n) is 4.57. The van der Waals surface area contributed by atoms with Gasteiger partial charge in [-0.1, -0.05) is 36.2 Å². The minimum Gasteiger partial charge on any atom is -0.328 e. The van der Waals surface area contributed by atoms with Crippen LogP contribution in [0.5, 0.6) is 0 Å². The van der Waals surface area contributed by atoms with E-state index in [1.54, 1.807) is 0 Å². The van der Waals surface area contributed by atoms with Gasteiger partial charge in [-0.05, 0) is 50.4 Å². The predicted octanol–water partition coefficient (Wildman–Crippen LogP) is 5.17. The zero-order valence-corrected chi connectivity index (χ0v) is 15.4. The monoisotopic (exact) mass is 371 g/mol. The molecule has 1 saturated carbocycles. The molecule has 0 aromatic rings. The van der Waals surface area contributed by atoms with E-state index in [1.165, 1.54) is 0 Å². The number of hydrogen-bond acceptors (Lipinski definition) is 1. The number of rotatable bonds is 9. The van der Waals surface area contributed by atoms with Gasteiger partial charge in [-0.15, -0.1) is 23.2 Å². The Hall–Kier alpha value is 1.02. The summed E-state index contributed by atoms with van der Waals surface area (Å²) in [4.78, 5) is -0.0693. The van der Waals surface area contributed by atoms with Crippen LogP contribution in [0.15, 0.2) is 0 Å². The first-order valence-corrected chi connectivity index (χ1v) is 9.50. The normalized spacial score (nSPS) is 34.9. The fourth-order valence-electron chi connectivity index (χ4n) is 3.71. The van der Waals surface area contributed by atoms with Crippen LogP contribution in [0.25, 0.3) is 0 Å². The largest absolute Gasteiger partial charge is 0.328 e. The van der Waals surface area contributed by atoms with Crippen molar-refractivity contribution in [1.82, 2.24) is 0 Å². The second kappa shape index (κ2) is 7.87. The van der Waals surface area contributed by atoms with E-state index >= 15 is 0 Å². The van der Waals surface area contributed by atoms with Crippen LogP contribution in [0.3, 0.4) is 0 Å². The number of halogens is 3. The summed E-state index contributed by atoms with van der Waals surface area (Å²) in [6.07, 6.45) is 5.44. The highest BCUT2D eigenvalue weighted by Crippen LogP contribution is 2.64. The molecule has 4 heteroatoms. The second-order valence-corrected chi connectivity index (χ2v) is 8.18. The molecule has 0 amide bonds. The van der Waals surface area contributed by atoms with Crippen LogP contribution in [0, 0.1) is 17.8 Å². The summed E-state index contributed by atoms with van der Waals surface area (Å²) in [6.45, 7) is 6.45. The van der Waals surface area contributed by atoms with Gasteiger partial charge in [0.05, 0.1) is 4.87 Å². The van der Waals surface area contributed by atoms with Gasteiger partial charge in [-0.25, -0.2) is 0 Å². The molecule has 0 aromatic heterocycles. The molecule has 0 aromatic carbocycles. The fourth-order valence-corrected chi connectivity index (χ4v) is 5.30. The van der Waals surface area contributed by atoms with E-state index in [2.05, 4.69) is 36.7 Å². The van der Waals surface area contributed by atoms with Gasteiger partial charge in [0.2, 0.25) is 0 Å². The summed E-state index contributed by atoms with van der Waals surface area (Å²) < 4.78 is 0. The quantitative estimate of drug-likeness (QED) is 0.555. The first-order valence-electron chi connectivity index (χ1n) is 7.56. The van der Waals surface area contributed by atoms with Crippen LogP contribution in [0.1, 0.15) is 52.9 Å². The van der Waals surface area contributed by atoms with Gasteiger partial charge in [0.15, 0.2) is 0 Å². The Balaban J connectivity index is 2.77. The first-order chi connectivity index (χ1) is 8.92. The standard InChI is InChI=1S/C15H28BrCl2N/c1-4-7-15(18)13(10(3)19)14(15)11(6-8-16)9-12(17)5-2/h10-14H,4-9,19H2,1-3H3/t10-,11?,12?,13?,14?,15?/m0/s1. The molecule has 0 spiro atoms. The number of alkyl halides is 3. The molecule has 0 radical (unpaired) electrons. The fraction of sp³-hybridized carbons (Fsp3) is 1.00. The first kappa shape index (κ1) is 18.1. The number of nitrogens with two attached hydrogens (primary N) is 1. The Kier molecular flexibility index (Phi) is 7.48. The van der Waals surface area contributed by atoms with Crippen LogP contribution in [-0.2, 0) is 0 Å². The maximum atomic E-state index is 6.89. The number of hydrogen-bond donors (Lipinski definition) is 1.